The standard InChI is InChI=1S/C16H26N6O2/c1-10(2)13-15(8-21(13)3)6-11(12(23)7-15)18-14(24)16(4-5-16)22-9-17-19-20-22/h9-13,23H,4-8H2,1-3H3,(H,18,24)/t11-,12-,13?,15?/m1/s1. The number of hydrogen-bond donors (Lipinski definition) is 2. The molecule has 8 nitrogen and oxygen atoms in total. The van der Waals surface area contributed by atoms with E-state index in [1.807, 2.05) is 0 Å². The highest BCUT2D eigenvalue weighted by molar-refractivity contribution is 5.87. The molecule has 1 aromatic rings. The van der Waals surface area contributed by atoms with Crippen molar-refractivity contribution in [3.63, 3.8) is 0 Å². The molecule has 2 unspecified atom stereocenters. The molecule has 132 valence electrons. The van der Waals surface area contributed by atoms with Crippen molar-refractivity contribution < 1.29 is 9.90 Å². The molecule has 2 aliphatic carbocycles. The van der Waals surface area contributed by atoms with Gasteiger partial charge in [0.2, 0.25) is 5.91 Å². The van der Waals surface area contributed by atoms with Crippen molar-refractivity contribution in [2.24, 2.45) is 11.3 Å². The van der Waals surface area contributed by atoms with E-state index in [2.05, 4.69) is 46.6 Å². The molecule has 0 bridgehead atoms. The summed E-state index contributed by atoms with van der Waals surface area (Å²) in [4.78, 5) is 15.1. The van der Waals surface area contributed by atoms with Crippen LogP contribution in [-0.2, 0) is 10.3 Å². The predicted molar refractivity (Wildman–Crippen MR) is 85.9 cm³/mol. The monoisotopic (exact) mass is 334 g/mol. The minimum atomic E-state index is -0.646. The minimum absolute atomic E-state index is 0.0651. The van der Waals surface area contributed by atoms with Crippen LogP contribution in [0.15, 0.2) is 6.33 Å². The molecule has 0 radical (unpaired) electrons. The maximum absolute atomic E-state index is 12.8. The average Bonchev–Trinajstić information content (AvgIpc) is 2.98. The van der Waals surface area contributed by atoms with E-state index in [0.717, 1.165) is 32.2 Å². The Labute approximate surface area is 141 Å². The van der Waals surface area contributed by atoms with Gasteiger partial charge in [-0.1, -0.05) is 13.8 Å². The van der Waals surface area contributed by atoms with Gasteiger partial charge >= 0.3 is 0 Å². The first kappa shape index (κ1) is 16.0. The van der Waals surface area contributed by atoms with Crippen molar-refractivity contribution in [2.75, 3.05) is 13.6 Å². The second kappa shape index (κ2) is 5.23. The molecule has 1 saturated heterocycles. The third kappa shape index (κ3) is 2.19. The number of aliphatic hydroxyl groups is 1. The van der Waals surface area contributed by atoms with Gasteiger partial charge in [0.05, 0.1) is 12.1 Å². The first-order chi connectivity index (χ1) is 11.4. The van der Waals surface area contributed by atoms with Crippen LogP contribution >= 0.6 is 0 Å². The van der Waals surface area contributed by atoms with E-state index in [1.54, 1.807) is 4.68 Å². The zero-order valence-corrected chi connectivity index (χ0v) is 14.5. The molecule has 4 rings (SSSR count). The van der Waals surface area contributed by atoms with Crippen molar-refractivity contribution in [1.82, 2.24) is 30.4 Å². The highest BCUT2D eigenvalue weighted by Crippen LogP contribution is 2.52. The first-order valence-electron chi connectivity index (χ1n) is 8.81. The summed E-state index contributed by atoms with van der Waals surface area (Å²) in [6.45, 7) is 5.46. The smallest absolute Gasteiger partial charge is 0.248 e. The first-order valence-corrected chi connectivity index (χ1v) is 8.81. The summed E-state index contributed by atoms with van der Waals surface area (Å²) < 4.78 is 1.55. The van der Waals surface area contributed by atoms with Gasteiger partial charge in [-0.15, -0.1) is 5.10 Å². The van der Waals surface area contributed by atoms with E-state index in [1.165, 1.54) is 6.33 Å². The van der Waals surface area contributed by atoms with E-state index >= 15 is 0 Å². The fourth-order valence-electron chi connectivity index (χ4n) is 5.33. The molecule has 1 amide bonds. The van der Waals surface area contributed by atoms with Crippen LogP contribution in [0.25, 0.3) is 0 Å². The SMILES string of the molecule is CC(C)C1N(C)CC12C[C@@H](O)[C@H](NC(=O)C1(n3cnnn3)CC1)C2. The second-order valence-electron chi connectivity index (χ2n) is 8.31. The number of rotatable bonds is 4. The van der Waals surface area contributed by atoms with Crippen LogP contribution in [0, 0.1) is 11.3 Å². The summed E-state index contributed by atoms with van der Waals surface area (Å²) in [5, 5.41) is 24.8. The van der Waals surface area contributed by atoms with Crippen molar-refractivity contribution in [3.8, 4) is 0 Å². The van der Waals surface area contributed by atoms with Crippen LogP contribution < -0.4 is 5.32 Å². The van der Waals surface area contributed by atoms with Gasteiger partial charge < -0.3 is 15.3 Å². The lowest BCUT2D eigenvalue weighted by Crippen LogP contribution is -2.64. The molecule has 3 fully saturated rings. The molecule has 1 aliphatic heterocycles. The Kier molecular flexibility index (Phi) is 3.47. The largest absolute Gasteiger partial charge is 0.391 e. The molecule has 0 aromatic carbocycles. The lowest BCUT2D eigenvalue weighted by molar-refractivity contribution is -0.127. The van der Waals surface area contributed by atoms with Crippen molar-refractivity contribution in [1.29, 1.82) is 0 Å². The highest BCUT2D eigenvalue weighted by Gasteiger charge is 2.60. The van der Waals surface area contributed by atoms with Gasteiger partial charge in [0, 0.05) is 18.0 Å². The van der Waals surface area contributed by atoms with Crippen LogP contribution in [0.1, 0.15) is 39.5 Å². The topological polar surface area (TPSA) is 96.2 Å². The minimum Gasteiger partial charge on any atom is -0.391 e. The van der Waals surface area contributed by atoms with Crippen LogP contribution in [0.2, 0.25) is 0 Å². The van der Waals surface area contributed by atoms with E-state index in [9.17, 15) is 9.90 Å². The third-order valence-electron chi connectivity index (χ3n) is 6.25. The lowest BCUT2D eigenvalue weighted by Gasteiger charge is -2.57. The van der Waals surface area contributed by atoms with Gasteiger partial charge in [-0.2, -0.15) is 0 Å². The molecule has 2 saturated carbocycles. The Morgan fingerprint density at radius 3 is 2.67 bits per heavy atom. The fourth-order valence-corrected chi connectivity index (χ4v) is 5.33. The van der Waals surface area contributed by atoms with E-state index in [0.29, 0.717) is 12.0 Å². The summed E-state index contributed by atoms with van der Waals surface area (Å²) in [5.41, 5.74) is -0.515. The fraction of sp³-hybridized carbons (Fsp3) is 0.875. The Hall–Kier alpha value is -1.54. The summed E-state index contributed by atoms with van der Waals surface area (Å²) in [5.74, 6) is 0.478. The van der Waals surface area contributed by atoms with Crippen LogP contribution in [0.4, 0.5) is 0 Å². The van der Waals surface area contributed by atoms with Crippen LogP contribution in [-0.4, -0.2) is 67.9 Å². The molecule has 4 atom stereocenters. The van der Waals surface area contributed by atoms with E-state index in [-0.39, 0.29) is 17.4 Å². The molecule has 8 heteroatoms. The predicted octanol–water partition coefficient (Wildman–Crippen LogP) is -0.242. The van der Waals surface area contributed by atoms with Gasteiger partial charge in [-0.25, -0.2) is 4.68 Å². The Balaban J connectivity index is 1.46. The quantitative estimate of drug-likeness (QED) is 0.789. The second-order valence-corrected chi connectivity index (χ2v) is 8.31. The number of aliphatic hydroxyl groups excluding tert-OH is 1. The van der Waals surface area contributed by atoms with Crippen molar-refractivity contribution in [2.45, 2.75) is 63.3 Å². The van der Waals surface area contributed by atoms with Gasteiger partial charge in [0.25, 0.3) is 0 Å². The van der Waals surface area contributed by atoms with Gasteiger partial charge in [0.15, 0.2) is 0 Å². The molecule has 2 heterocycles. The highest BCUT2D eigenvalue weighted by atomic mass is 16.3. The number of aromatic nitrogens is 4. The molecule has 1 spiro atoms. The number of hydrogen-bond acceptors (Lipinski definition) is 6. The number of amides is 1. The third-order valence-corrected chi connectivity index (χ3v) is 6.25. The summed E-state index contributed by atoms with van der Waals surface area (Å²) >= 11 is 0. The lowest BCUT2D eigenvalue weighted by atomic mass is 9.66. The Bertz CT molecular complexity index is 624. The average molecular weight is 334 g/mol. The van der Waals surface area contributed by atoms with E-state index < -0.39 is 11.6 Å². The molecular weight excluding hydrogens is 308 g/mol. The molecule has 24 heavy (non-hydrogen) atoms. The van der Waals surface area contributed by atoms with Crippen molar-refractivity contribution >= 4 is 5.91 Å². The normalized spacial score (nSPS) is 37.6. The van der Waals surface area contributed by atoms with Gasteiger partial charge in [-0.05, 0) is 49.1 Å². The Morgan fingerprint density at radius 1 is 1.38 bits per heavy atom. The number of carbonyl (C=O) groups excluding carboxylic acids is 1. The summed E-state index contributed by atoms with van der Waals surface area (Å²) in [7, 11) is 2.14. The summed E-state index contributed by atoms with van der Waals surface area (Å²) in [6, 6.07) is 0.296. The maximum Gasteiger partial charge on any atom is 0.248 e. The van der Waals surface area contributed by atoms with Crippen LogP contribution in [0.3, 0.4) is 0 Å². The Morgan fingerprint density at radius 2 is 2.12 bits per heavy atom. The zero-order valence-electron chi connectivity index (χ0n) is 14.5. The number of nitrogens with one attached hydrogen (secondary N) is 1. The number of nitrogens with zero attached hydrogens (tertiary/aromatic N) is 5. The number of carbonyl (C=O) groups is 1. The van der Waals surface area contributed by atoms with Gasteiger partial charge in [0.1, 0.15) is 11.9 Å². The molecular formula is C16H26N6O2. The van der Waals surface area contributed by atoms with Crippen LogP contribution in [0.5, 0.6) is 0 Å². The molecule has 2 N–H and O–H groups in total. The zero-order chi connectivity index (χ0) is 17.1. The maximum atomic E-state index is 12.8. The number of likely N-dealkylation sites (tertiary alicyclic amines) is 1. The molecule has 1 aromatic heterocycles. The van der Waals surface area contributed by atoms with Crippen molar-refractivity contribution in [3.05, 3.63) is 6.33 Å². The van der Waals surface area contributed by atoms with Gasteiger partial charge in [-0.3, -0.25) is 4.79 Å². The molecule has 3 aliphatic rings. The summed E-state index contributed by atoms with van der Waals surface area (Å²) in [6.07, 6.45) is 4.12. The number of tetrazole rings is 1. The van der Waals surface area contributed by atoms with E-state index in [4.69, 9.17) is 0 Å².